The highest BCUT2D eigenvalue weighted by Gasteiger charge is 2.16. The van der Waals surface area contributed by atoms with Crippen molar-refractivity contribution in [1.29, 1.82) is 0 Å². The summed E-state index contributed by atoms with van der Waals surface area (Å²) in [7, 11) is 0. The molecule has 0 aliphatic rings. The molecule has 0 radical (unpaired) electrons. The summed E-state index contributed by atoms with van der Waals surface area (Å²) in [5.41, 5.74) is 1.13. The Hall–Kier alpha value is -2.63. The number of imidazole rings is 1. The third kappa shape index (κ3) is 4.95. The van der Waals surface area contributed by atoms with Crippen LogP contribution in [0.15, 0.2) is 42.9 Å². The second-order valence-electron chi connectivity index (χ2n) is 5.13. The number of ether oxygens (including phenoxy) is 2. The van der Waals surface area contributed by atoms with Gasteiger partial charge in [0.2, 0.25) is 0 Å². The van der Waals surface area contributed by atoms with Crippen LogP contribution in [-0.4, -0.2) is 28.1 Å². The van der Waals surface area contributed by atoms with Gasteiger partial charge in [0.05, 0.1) is 19.4 Å². The minimum absolute atomic E-state index is 0.141. The summed E-state index contributed by atoms with van der Waals surface area (Å²) in [5, 5.41) is 0. The van der Waals surface area contributed by atoms with Gasteiger partial charge in [-0.05, 0) is 19.4 Å². The molecule has 2 rings (SSSR count). The summed E-state index contributed by atoms with van der Waals surface area (Å²) < 4.78 is 11.8. The Balaban J connectivity index is 1.90. The predicted octanol–water partition coefficient (Wildman–Crippen LogP) is 2.75. The molecule has 0 aliphatic carbocycles. The molecule has 0 saturated carbocycles. The molecule has 0 aliphatic heterocycles. The molecule has 2 aromatic rings. The van der Waals surface area contributed by atoms with Crippen molar-refractivity contribution in [3.63, 3.8) is 0 Å². The van der Waals surface area contributed by atoms with Gasteiger partial charge in [-0.1, -0.05) is 30.3 Å². The van der Waals surface area contributed by atoms with E-state index in [1.807, 2.05) is 37.3 Å². The monoisotopic (exact) mass is 316 g/mol. The molecule has 122 valence electrons. The lowest BCUT2D eigenvalue weighted by Gasteiger charge is -2.11. The van der Waals surface area contributed by atoms with Gasteiger partial charge in [-0.3, -0.25) is 4.79 Å². The number of benzene rings is 1. The fourth-order valence-electron chi connectivity index (χ4n) is 2.05. The van der Waals surface area contributed by atoms with Crippen LogP contribution in [0.2, 0.25) is 0 Å². The fourth-order valence-corrected chi connectivity index (χ4v) is 2.05. The molecule has 1 unspecified atom stereocenters. The molecule has 0 N–H and O–H groups in total. The van der Waals surface area contributed by atoms with Crippen LogP contribution in [0.25, 0.3) is 0 Å². The number of nitrogens with zero attached hydrogens (tertiary/aromatic N) is 2. The van der Waals surface area contributed by atoms with Crippen molar-refractivity contribution in [3.8, 4) is 0 Å². The molecular weight excluding hydrogens is 296 g/mol. The molecule has 1 heterocycles. The maximum absolute atomic E-state index is 12.0. The van der Waals surface area contributed by atoms with Gasteiger partial charge in [0, 0.05) is 12.2 Å². The van der Waals surface area contributed by atoms with E-state index in [4.69, 9.17) is 9.47 Å². The van der Waals surface area contributed by atoms with E-state index in [9.17, 15) is 9.59 Å². The first-order valence-electron chi connectivity index (χ1n) is 7.50. The zero-order valence-corrected chi connectivity index (χ0v) is 13.3. The first-order chi connectivity index (χ1) is 11.1. The Morgan fingerprint density at radius 2 is 1.96 bits per heavy atom. The van der Waals surface area contributed by atoms with Gasteiger partial charge in [0.15, 0.2) is 5.69 Å². The highest BCUT2D eigenvalue weighted by Crippen LogP contribution is 2.13. The van der Waals surface area contributed by atoms with Crippen molar-refractivity contribution in [3.05, 3.63) is 54.1 Å². The average Bonchev–Trinajstić information content (AvgIpc) is 3.04. The lowest BCUT2D eigenvalue weighted by Crippen LogP contribution is -2.12. The molecule has 0 spiro atoms. The lowest BCUT2D eigenvalue weighted by atomic mass is 10.2. The third-order valence-electron chi connectivity index (χ3n) is 3.30. The molecule has 1 aromatic carbocycles. The number of carbonyl (C=O) groups is 2. The van der Waals surface area contributed by atoms with Gasteiger partial charge in [0.1, 0.15) is 6.61 Å². The highest BCUT2D eigenvalue weighted by atomic mass is 16.5. The second-order valence-corrected chi connectivity index (χ2v) is 5.13. The Bertz CT molecular complexity index is 652. The summed E-state index contributed by atoms with van der Waals surface area (Å²) in [6.07, 6.45) is 3.32. The van der Waals surface area contributed by atoms with Gasteiger partial charge in [-0.2, -0.15) is 0 Å². The topological polar surface area (TPSA) is 70.4 Å². The van der Waals surface area contributed by atoms with E-state index in [0.717, 1.165) is 5.56 Å². The summed E-state index contributed by atoms with van der Waals surface area (Å²) in [6, 6.07) is 9.29. The number of hydrogen-bond donors (Lipinski definition) is 0. The SMILES string of the molecule is CCOC(=O)CC(C)n1cnc(C(=O)OCc2ccccc2)c1. The van der Waals surface area contributed by atoms with Crippen LogP contribution in [-0.2, 0) is 20.9 Å². The van der Waals surface area contributed by atoms with Gasteiger partial charge < -0.3 is 14.0 Å². The number of aromatic nitrogens is 2. The van der Waals surface area contributed by atoms with E-state index >= 15 is 0 Å². The van der Waals surface area contributed by atoms with E-state index in [-0.39, 0.29) is 30.7 Å². The predicted molar refractivity (Wildman–Crippen MR) is 83.7 cm³/mol. The maximum atomic E-state index is 12.0. The number of carbonyl (C=O) groups excluding carboxylic acids is 2. The molecule has 23 heavy (non-hydrogen) atoms. The van der Waals surface area contributed by atoms with E-state index < -0.39 is 5.97 Å². The third-order valence-corrected chi connectivity index (χ3v) is 3.30. The Morgan fingerprint density at radius 1 is 1.22 bits per heavy atom. The highest BCUT2D eigenvalue weighted by molar-refractivity contribution is 5.86. The zero-order valence-electron chi connectivity index (χ0n) is 13.3. The zero-order chi connectivity index (χ0) is 16.7. The van der Waals surface area contributed by atoms with Crippen LogP contribution in [0.4, 0.5) is 0 Å². The standard InChI is InChI=1S/C17H20N2O4/c1-3-22-16(20)9-13(2)19-10-15(18-12-19)17(21)23-11-14-7-5-4-6-8-14/h4-8,10,12-13H,3,9,11H2,1-2H3. The van der Waals surface area contributed by atoms with Crippen LogP contribution < -0.4 is 0 Å². The minimum atomic E-state index is -0.490. The Morgan fingerprint density at radius 3 is 2.65 bits per heavy atom. The van der Waals surface area contributed by atoms with Crippen LogP contribution >= 0.6 is 0 Å². The molecule has 0 fully saturated rings. The van der Waals surface area contributed by atoms with Crippen LogP contribution in [0.5, 0.6) is 0 Å². The summed E-state index contributed by atoms with van der Waals surface area (Å²) in [4.78, 5) is 27.5. The smallest absolute Gasteiger partial charge is 0.358 e. The first-order valence-corrected chi connectivity index (χ1v) is 7.50. The Kier molecular flexibility index (Phi) is 5.91. The van der Waals surface area contributed by atoms with Crippen LogP contribution in [0.1, 0.15) is 42.4 Å². The first kappa shape index (κ1) is 16.7. The van der Waals surface area contributed by atoms with Crippen molar-refractivity contribution in [1.82, 2.24) is 9.55 Å². The quantitative estimate of drug-likeness (QED) is 0.735. The van der Waals surface area contributed by atoms with E-state index in [1.165, 1.54) is 6.33 Å². The number of hydrogen-bond acceptors (Lipinski definition) is 5. The van der Waals surface area contributed by atoms with E-state index in [0.29, 0.717) is 6.61 Å². The Labute approximate surface area is 135 Å². The fraction of sp³-hybridized carbons (Fsp3) is 0.353. The van der Waals surface area contributed by atoms with Crippen LogP contribution in [0.3, 0.4) is 0 Å². The lowest BCUT2D eigenvalue weighted by molar-refractivity contribution is -0.143. The molecule has 0 bridgehead atoms. The number of rotatable bonds is 7. The molecular formula is C17H20N2O4. The van der Waals surface area contributed by atoms with Crippen molar-refractivity contribution in [2.75, 3.05) is 6.61 Å². The number of esters is 2. The molecule has 1 atom stereocenters. The minimum Gasteiger partial charge on any atom is -0.466 e. The average molecular weight is 316 g/mol. The van der Waals surface area contributed by atoms with Gasteiger partial charge in [-0.25, -0.2) is 9.78 Å². The molecule has 6 nitrogen and oxygen atoms in total. The largest absolute Gasteiger partial charge is 0.466 e. The normalized spacial score (nSPS) is 11.7. The van der Waals surface area contributed by atoms with Crippen molar-refractivity contribution in [2.24, 2.45) is 0 Å². The van der Waals surface area contributed by atoms with E-state index in [1.54, 1.807) is 17.7 Å². The molecule has 0 saturated heterocycles. The molecule has 1 aromatic heterocycles. The summed E-state index contributed by atoms with van der Waals surface area (Å²) in [6.45, 7) is 4.18. The van der Waals surface area contributed by atoms with Crippen LogP contribution in [0, 0.1) is 0 Å². The molecule has 6 heteroatoms. The van der Waals surface area contributed by atoms with Crippen molar-refractivity contribution < 1.29 is 19.1 Å². The summed E-state index contributed by atoms with van der Waals surface area (Å²) >= 11 is 0. The van der Waals surface area contributed by atoms with Crippen molar-refractivity contribution in [2.45, 2.75) is 32.9 Å². The molecule has 0 amide bonds. The summed E-state index contributed by atoms with van der Waals surface area (Å²) in [5.74, 6) is -0.766. The van der Waals surface area contributed by atoms with Gasteiger partial charge in [0.25, 0.3) is 0 Å². The van der Waals surface area contributed by atoms with E-state index in [2.05, 4.69) is 4.98 Å². The van der Waals surface area contributed by atoms with Gasteiger partial charge >= 0.3 is 11.9 Å². The van der Waals surface area contributed by atoms with Crippen molar-refractivity contribution >= 4 is 11.9 Å². The maximum Gasteiger partial charge on any atom is 0.358 e. The second kappa shape index (κ2) is 8.12. The van der Waals surface area contributed by atoms with Gasteiger partial charge in [-0.15, -0.1) is 0 Å².